The van der Waals surface area contributed by atoms with Gasteiger partial charge in [0.1, 0.15) is 0 Å². The van der Waals surface area contributed by atoms with Crippen LogP contribution in [0.2, 0.25) is 0 Å². The van der Waals surface area contributed by atoms with Crippen LogP contribution >= 0.6 is 0 Å². The lowest BCUT2D eigenvalue weighted by Gasteiger charge is -2.14. The van der Waals surface area contributed by atoms with E-state index in [4.69, 9.17) is 10.5 Å². The first-order valence-electron chi connectivity index (χ1n) is 6.50. The van der Waals surface area contributed by atoms with Gasteiger partial charge in [-0.25, -0.2) is 0 Å². The van der Waals surface area contributed by atoms with Gasteiger partial charge in [0, 0.05) is 12.5 Å². The highest BCUT2D eigenvalue weighted by Gasteiger charge is 2.10. The van der Waals surface area contributed by atoms with Gasteiger partial charge in [0.05, 0.1) is 6.61 Å². The monoisotopic (exact) mass is 249 g/mol. The smallest absolute Gasteiger partial charge is 0.305 e. The first-order valence-corrected chi connectivity index (χ1v) is 6.50. The van der Waals surface area contributed by atoms with Gasteiger partial charge in [-0.2, -0.15) is 0 Å². The molecule has 18 heavy (non-hydrogen) atoms. The van der Waals surface area contributed by atoms with Crippen molar-refractivity contribution in [2.24, 2.45) is 5.73 Å². The minimum absolute atomic E-state index is 0.00917. The first-order chi connectivity index (χ1) is 8.54. The molecule has 0 saturated heterocycles. The summed E-state index contributed by atoms with van der Waals surface area (Å²) in [6, 6.07) is 6.26. The second-order valence-electron chi connectivity index (χ2n) is 4.67. The first kappa shape index (κ1) is 14.7. The van der Waals surface area contributed by atoms with Crippen LogP contribution in [-0.4, -0.2) is 18.6 Å². The summed E-state index contributed by atoms with van der Waals surface area (Å²) in [6.07, 6.45) is 1.89. The third kappa shape index (κ3) is 4.49. The van der Waals surface area contributed by atoms with Gasteiger partial charge < -0.3 is 10.5 Å². The summed E-state index contributed by atoms with van der Waals surface area (Å²) < 4.78 is 4.89. The van der Waals surface area contributed by atoms with Crippen molar-refractivity contribution in [2.75, 3.05) is 6.61 Å². The second-order valence-corrected chi connectivity index (χ2v) is 4.67. The van der Waals surface area contributed by atoms with Crippen molar-refractivity contribution < 1.29 is 9.53 Å². The van der Waals surface area contributed by atoms with Crippen LogP contribution in [0.5, 0.6) is 0 Å². The average Bonchev–Trinajstić information content (AvgIpc) is 2.33. The van der Waals surface area contributed by atoms with E-state index in [1.807, 2.05) is 6.92 Å². The number of benzene rings is 1. The molecular formula is C15H23NO2. The highest BCUT2D eigenvalue weighted by molar-refractivity contribution is 5.69. The fraction of sp³-hybridized carbons (Fsp3) is 0.533. The maximum atomic E-state index is 11.2. The van der Waals surface area contributed by atoms with E-state index < -0.39 is 0 Å². The van der Waals surface area contributed by atoms with Crippen LogP contribution in [0.4, 0.5) is 0 Å². The normalized spacial score (nSPS) is 12.2. The van der Waals surface area contributed by atoms with E-state index in [9.17, 15) is 4.79 Å². The lowest BCUT2D eigenvalue weighted by molar-refractivity contribution is -0.143. The minimum Gasteiger partial charge on any atom is -0.466 e. The Bertz CT molecular complexity index is 401. The number of rotatable bonds is 6. The van der Waals surface area contributed by atoms with Crippen LogP contribution in [-0.2, 0) is 16.0 Å². The molecule has 1 atom stereocenters. The molecule has 0 heterocycles. The molecule has 0 saturated carbocycles. The molecule has 1 aromatic rings. The number of nitrogens with two attached hydrogens (primary N) is 1. The zero-order valence-corrected chi connectivity index (χ0v) is 11.5. The fourth-order valence-corrected chi connectivity index (χ4v) is 1.95. The predicted octanol–water partition coefficient (Wildman–Crippen LogP) is 2.52. The molecule has 2 N–H and O–H groups in total. The van der Waals surface area contributed by atoms with Crippen molar-refractivity contribution >= 4 is 5.97 Å². The molecule has 1 aromatic carbocycles. The van der Waals surface area contributed by atoms with Gasteiger partial charge in [0.25, 0.3) is 0 Å². The molecule has 3 nitrogen and oxygen atoms in total. The van der Waals surface area contributed by atoms with Crippen LogP contribution in [0.25, 0.3) is 0 Å². The Kier molecular flexibility index (Phi) is 5.86. The number of hydrogen-bond acceptors (Lipinski definition) is 3. The fourth-order valence-electron chi connectivity index (χ4n) is 1.95. The SMILES string of the molecule is CCOC(=O)CCC(N)Cc1cccc(C)c1C. The summed E-state index contributed by atoms with van der Waals surface area (Å²) in [5.74, 6) is -0.158. The average molecular weight is 249 g/mol. The molecule has 100 valence electrons. The largest absolute Gasteiger partial charge is 0.466 e. The Labute approximate surface area is 109 Å². The molecule has 0 fully saturated rings. The lowest BCUT2D eigenvalue weighted by atomic mass is 9.96. The van der Waals surface area contributed by atoms with Crippen molar-refractivity contribution in [3.8, 4) is 0 Å². The van der Waals surface area contributed by atoms with Crippen LogP contribution < -0.4 is 5.73 Å². The van der Waals surface area contributed by atoms with Crippen molar-refractivity contribution in [3.05, 3.63) is 34.9 Å². The number of carbonyl (C=O) groups is 1. The van der Waals surface area contributed by atoms with Crippen LogP contribution in [0.15, 0.2) is 18.2 Å². The minimum atomic E-state index is -0.158. The molecular weight excluding hydrogens is 226 g/mol. The van der Waals surface area contributed by atoms with Gasteiger partial charge >= 0.3 is 5.97 Å². The van der Waals surface area contributed by atoms with Crippen LogP contribution in [0, 0.1) is 13.8 Å². The quantitative estimate of drug-likeness (QED) is 0.788. The zero-order valence-electron chi connectivity index (χ0n) is 11.5. The Balaban J connectivity index is 2.47. The van der Waals surface area contributed by atoms with Gasteiger partial charge in [-0.3, -0.25) is 4.79 Å². The molecule has 0 aromatic heterocycles. The number of aryl methyl sites for hydroxylation is 1. The third-order valence-corrected chi connectivity index (χ3v) is 3.22. The van der Waals surface area contributed by atoms with Crippen molar-refractivity contribution in [3.63, 3.8) is 0 Å². The summed E-state index contributed by atoms with van der Waals surface area (Å²) in [6.45, 7) is 6.46. The molecule has 0 radical (unpaired) electrons. The maximum Gasteiger partial charge on any atom is 0.305 e. The van der Waals surface area contributed by atoms with E-state index >= 15 is 0 Å². The van der Waals surface area contributed by atoms with Crippen LogP contribution in [0.1, 0.15) is 36.5 Å². The molecule has 0 amide bonds. The molecule has 3 heteroatoms. The van der Waals surface area contributed by atoms with Gasteiger partial charge in [-0.05, 0) is 50.3 Å². The number of ether oxygens (including phenoxy) is 1. The number of esters is 1. The topological polar surface area (TPSA) is 52.3 Å². The second kappa shape index (κ2) is 7.17. The number of carbonyl (C=O) groups excluding carboxylic acids is 1. The summed E-state index contributed by atoms with van der Waals surface area (Å²) >= 11 is 0. The van der Waals surface area contributed by atoms with E-state index in [1.54, 1.807) is 0 Å². The number of hydrogen-bond donors (Lipinski definition) is 1. The lowest BCUT2D eigenvalue weighted by Crippen LogP contribution is -2.24. The van der Waals surface area contributed by atoms with E-state index in [0.717, 1.165) is 6.42 Å². The Morgan fingerprint density at radius 1 is 1.39 bits per heavy atom. The standard InChI is InChI=1S/C15H23NO2/c1-4-18-15(17)9-8-14(16)10-13-7-5-6-11(2)12(13)3/h5-7,14H,4,8-10,16H2,1-3H3. The van der Waals surface area contributed by atoms with Gasteiger partial charge in [0.2, 0.25) is 0 Å². The summed E-state index contributed by atoms with van der Waals surface area (Å²) in [5.41, 5.74) is 9.91. The highest BCUT2D eigenvalue weighted by Crippen LogP contribution is 2.15. The summed E-state index contributed by atoms with van der Waals surface area (Å²) in [4.78, 5) is 11.2. The van der Waals surface area contributed by atoms with Gasteiger partial charge in [-0.1, -0.05) is 18.2 Å². The Morgan fingerprint density at radius 2 is 2.11 bits per heavy atom. The zero-order chi connectivity index (χ0) is 13.5. The van der Waals surface area contributed by atoms with E-state index in [1.165, 1.54) is 16.7 Å². The van der Waals surface area contributed by atoms with Crippen LogP contribution in [0.3, 0.4) is 0 Å². The van der Waals surface area contributed by atoms with Crippen molar-refractivity contribution in [1.29, 1.82) is 0 Å². The molecule has 0 aliphatic rings. The van der Waals surface area contributed by atoms with Crippen molar-refractivity contribution in [2.45, 2.75) is 46.1 Å². The van der Waals surface area contributed by atoms with Gasteiger partial charge in [-0.15, -0.1) is 0 Å². The van der Waals surface area contributed by atoms with E-state index in [2.05, 4.69) is 32.0 Å². The molecule has 0 aliphatic carbocycles. The molecule has 1 rings (SSSR count). The maximum absolute atomic E-state index is 11.2. The molecule has 0 bridgehead atoms. The Hall–Kier alpha value is -1.35. The summed E-state index contributed by atoms with van der Waals surface area (Å²) in [7, 11) is 0. The predicted molar refractivity (Wildman–Crippen MR) is 73.5 cm³/mol. The van der Waals surface area contributed by atoms with Crippen molar-refractivity contribution in [1.82, 2.24) is 0 Å². The van der Waals surface area contributed by atoms with E-state index in [0.29, 0.717) is 19.4 Å². The highest BCUT2D eigenvalue weighted by atomic mass is 16.5. The summed E-state index contributed by atoms with van der Waals surface area (Å²) in [5, 5.41) is 0. The molecule has 0 spiro atoms. The third-order valence-electron chi connectivity index (χ3n) is 3.22. The molecule has 1 unspecified atom stereocenters. The molecule has 0 aliphatic heterocycles. The van der Waals surface area contributed by atoms with E-state index in [-0.39, 0.29) is 12.0 Å². The Morgan fingerprint density at radius 3 is 2.78 bits per heavy atom. The van der Waals surface area contributed by atoms with Gasteiger partial charge in [0.15, 0.2) is 0 Å².